The average Bonchev–Trinajstić information content (AvgIpc) is 2.37. The number of alkyl halides is 3. The van der Waals surface area contributed by atoms with Gasteiger partial charge in [-0.1, -0.05) is 24.3 Å². The zero-order valence-corrected chi connectivity index (χ0v) is 10.6. The molecule has 20 heavy (non-hydrogen) atoms. The summed E-state index contributed by atoms with van der Waals surface area (Å²) in [6.07, 6.45) is -5.66. The Morgan fingerprint density at radius 2 is 1.80 bits per heavy atom. The minimum absolute atomic E-state index is 0.110. The number of aliphatic hydroxyl groups is 2. The van der Waals surface area contributed by atoms with Crippen molar-refractivity contribution in [2.75, 3.05) is 0 Å². The van der Waals surface area contributed by atoms with Crippen LogP contribution in [0.3, 0.4) is 0 Å². The van der Waals surface area contributed by atoms with Crippen LogP contribution in [0.25, 0.3) is 0 Å². The fourth-order valence-electron chi connectivity index (χ4n) is 2.67. The molecule has 3 nitrogen and oxygen atoms in total. The summed E-state index contributed by atoms with van der Waals surface area (Å²) in [5, 5.41) is 19.4. The van der Waals surface area contributed by atoms with Gasteiger partial charge < -0.3 is 10.2 Å². The normalized spacial score (nSPS) is 27.4. The first kappa shape index (κ1) is 15.0. The average molecular weight is 288 g/mol. The summed E-state index contributed by atoms with van der Waals surface area (Å²) < 4.78 is 37.8. The quantitative estimate of drug-likeness (QED) is 0.822. The van der Waals surface area contributed by atoms with Crippen molar-refractivity contribution in [2.24, 2.45) is 0 Å². The van der Waals surface area contributed by atoms with E-state index in [1.807, 2.05) is 0 Å². The summed E-state index contributed by atoms with van der Waals surface area (Å²) in [4.78, 5) is 11.4. The van der Waals surface area contributed by atoms with Crippen LogP contribution >= 0.6 is 0 Å². The Kier molecular flexibility index (Phi) is 4.15. The van der Waals surface area contributed by atoms with E-state index in [0.29, 0.717) is 12.8 Å². The Bertz CT molecular complexity index is 499. The van der Waals surface area contributed by atoms with E-state index < -0.39 is 35.6 Å². The van der Waals surface area contributed by atoms with Gasteiger partial charge in [0.2, 0.25) is 0 Å². The summed E-state index contributed by atoms with van der Waals surface area (Å²) >= 11 is 0. The number of halogens is 3. The molecule has 0 aromatic heterocycles. The first-order chi connectivity index (χ1) is 9.30. The maximum Gasteiger partial charge on any atom is 0.454 e. The summed E-state index contributed by atoms with van der Waals surface area (Å²) in [5.74, 6) is -2.45. The predicted octanol–water partition coefficient (Wildman–Crippen LogP) is 2.42. The van der Waals surface area contributed by atoms with Crippen LogP contribution < -0.4 is 0 Å². The van der Waals surface area contributed by atoms with Gasteiger partial charge in [-0.2, -0.15) is 13.2 Å². The van der Waals surface area contributed by atoms with Gasteiger partial charge in [-0.25, -0.2) is 0 Å². The molecule has 0 aliphatic heterocycles. The molecule has 0 spiro atoms. The second-order valence-corrected chi connectivity index (χ2v) is 5.05. The van der Waals surface area contributed by atoms with Crippen molar-refractivity contribution < 1.29 is 28.2 Å². The Morgan fingerprint density at radius 1 is 1.15 bits per heavy atom. The predicted molar refractivity (Wildman–Crippen MR) is 65.4 cm³/mol. The molecule has 0 saturated heterocycles. The summed E-state index contributed by atoms with van der Waals surface area (Å²) in [6, 6.07) is 5.47. The monoisotopic (exact) mass is 288 g/mol. The topological polar surface area (TPSA) is 57.5 Å². The number of hydrogen-bond acceptors (Lipinski definition) is 3. The van der Waals surface area contributed by atoms with Crippen LogP contribution in [0.1, 0.15) is 41.1 Å². The van der Waals surface area contributed by atoms with E-state index in [4.69, 9.17) is 0 Å². The fourth-order valence-corrected chi connectivity index (χ4v) is 2.67. The lowest BCUT2D eigenvalue weighted by atomic mass is 9.78. The number of carbonyl (C=O) groups excluding carboxylic acids is 1. The van der Waals surface area contributed by atoms with Crippen molar-refractivity contribution >= 4 is 5.78 Å². The second-order valence-electron chi connectivity index (χ2n) is 5.05. The highest BCUT2D eigenvalue weighted by Crippen LogP contribution is 2.36. The first-order valence-electron chi connectivity index (χ1n) is 6.37. The third-order valence-corrected chi connectivity index (χ3v) is 3.65. The van der Waals surface area contributed by atoms with Gasteiger partial charge in [-0.3, -0.25) is 4.79 Å². The van der Waals surface area contributed by atoms with Gasteiger partial charge >= 0.3 is 6.18 Å². The van der Waals surface area contributed by atoms with E-state index in [-0.39, 0.29) is 12.0 Å². The Balaban J connectivity index is 2.35. The molecule has 1 aliphatic rings. The van der Waals surface area contributed by atoms with Gasteiger partial charge in [0.1, 0.15) is 0 Å². The molecule has 1 aliphatic carbocycles. The van der Waals surface area contributed by atoms with Gasteiger partial charge in [0, 0.05) is 11.5 Å². The van der Waals surface area contributed by atoms with Crippen molar-refractivity contribution in [2.45, 2.75) is 43.6 Å². The van der Waals surface area contributed by atoms with Gasteiger partial charge in [0.05, 0.1) is 12.2 Å². The molecule has 1 fully saturated rings. The van der Waals surface area contributed by atoms with Crippen molar-refractivity contribution in [1.29, 1.82) is 0 Å². The standard InChI is InChI=1S/C14H15F3O3/c15-14(16,17)13(20)11-4-2-1-3-9(11)10-6-5-8(18)7-12(10)19/h1-4,8,10,12,18-19H,5-7H2. The van der Waals surface area contributed by atoms with Crippen LogP contribution in [0, 0.1) is 0 Å². The van der Waals surface area contributed by atoms with E-state index >= 15 is 0 Å². The molecule has 0 bridgehead atoms. The Morgan fingerprint density at radius 3 is 2.40 bits per heavy atom. The lowest BCUT2D eigenvalue weighted by molar-refractivity contribution is -0.0886. The fraction of sp³-hybridized carbons (Fsp3) is 0.500. The largest absolute Gasteiger partial charge is 0.454 e. The molecule has 1 saturated carbocycles. The SMILES string of the molecule is O=C(c1ccccc1C1CCC(O)CC1O)C(F)(F)F. The van der Waals surface area contributed by atoms with E-state index in [2.05, 4.69) is 0 Å². The number of Topliss-reactive ketones (excluding diaryl/α,β-unsaturated/α-hetero) is 1. The van der Waals surface area contributed by atoms with Crippen molar-refractivity contribution in [3.05, 3.63) is 35.4 Å². The number of rotatable bonds is 2. The molecule has 2 N–H and O–H groups in total. The highest BCUT2D eigenvalue weighted by atomic mass is 19.4. The molecular weight excluding hydrogens is 273 g/mol. The molecule has 1 aromatic carbocycles. The van der Waals surface area contributed by atoms with E-state index in [1.54, 1.807) is 6.07 Å². The van der Waals surface area contributed by atoms with Crippen LogP contribution in [-0.4, -0.2) is 34.4 Å². The zero-order chi connectivity index (χ0) is 14.9. The van der Waals surface area contributed by atoms with E-state index in [9.17, 15) is 28.2 Å². The minimum atomic E-state index is -4.94. The molecular formula is C14H15F3O3. The Labute approximate surface area is 114 Å². The molecule has 0 amide bonds. The molecule has 0 radical (unpaired) electrons. The highest BCUT2D eigenvalue weighted by molar-refractivity contribution is 6.01. The van der Waals surface area contributed by atoms with Crippen LogP contribution in [0.2, 0.25) is 0 Å². The number of aliphatic hydroxyl groups excluding tert-OH is 2. The van der Waals surface area contributed by atoms with Crippen LogP contribution in [0.5, 0.6) is 0 Å². The maximum atomic E-state index is 12.6. The summed E-state index contributed by atoms with van der Waals surface area (Å²) in [5.41, 5.74) is -0.213. The molecule has 2 rings (SSSR count). The number of benzene rings is 1. The second kappa shape index (κ2) is 5.54. The Hall–Kier alpha value is -1.40. The third kappa shape index (κ3) is 3.02. The number of hydrogen-bond donors (Lipinski definition) is 2. The van der Waals surface area contributed by atoms with Crippen molar-refractivity contribution in [3.63, 3.8) is 0 Å². The molecule has 3 unspecified atom stereocenters. The van der Waals surface area contributed by atoms with Crippen molar-refractivity contribution in [3.8, 4) is 0 Å². The first-order valence-corrected chi connectivity index (χ1v) is 6.37. The zero-order valence-electron chi connectivity index (χ0n) is 10.6. The van der Waals surface area contributed by atoms with Crippen LogP contribution in [-0.2, 0) is 0 Å². The maximum absolute atomic E-state index is 12.6. The van der Waals surface area contributed by atoms with Crippen molar-refractivity contribution in [1.82, 2.24) is 0 Å². The highest BCUT2D eigenvalue weighted by Gasteiger charge is 2.42. The third-order valence-electron chi connectivity index (χ3n) is 3.65. The molecule has 110 valence electrons. The van der Waals surface area contributed by atoms with Gasteiger partial charge in [0.25, 0.3) is 5.78 Å². The molecule has 0 heterocycles. The lowest BCUT2D eigenvalue weighted by Crippen LogP contribution is -2.32. The summed E-state index contributed by atoms with van der Waals surface area (Å²) in [7, 11) is 0. The van der Waals surface area contributed by atoms with Crippen LogP contribution in [0.4, 0.5) is 13.2 Å². The lowest BCUT2D eigenvalue weighted by Gasteiger charge is -2.32. The van der Waals surface area contributed by atoms with Crippen LogP contribution in [0.15, 0.2) is 24.3 Å². The van der Waals surface area contributed by atoms with E-state index in [1.165, 1.54) is 12.1 Å². The minimum Gasteiger partial charge on any atom is -0.393 e. The smallest absolute Gasteiger partial charge is 0.393 e. The van der Waals surface area contributed by atoms with Gasteiger partial charge in [-0.15, -0.1) is 0 Å². The van der Waals surface area contributed by atoms with E-state index in [0.717, 1.165) is 6.07 Å². The molecule has 1 aromatic rings. The number of carbonyl (C=O) groups is 1. The number of ketones is 1. The summed E-state index contributed by atoms with van der Waals surface area (Å²) in [6.45, 7) is 0. The van der Waals surface area contributed by atoms with Gasteiger partial charge in [-0.05, 0) is 24.8 Å². The van der Waals surface area contributed by atoms with Gasteiger partial charge in [0.15, 0.2) is 0 Å². The molecule has 3 atom stereocenters. The molecule has 6 heteroatoms.